The molecule has 8 bridgehead atoms. The smallest absolute Gasteiger partial charge is 0.230 e. The van der Waals surface area contributed by atoms with Gasteiger partial charge in [0.05, 0.1) is 28.2 Å². The summed E-state index contributed by atoms with van der Waals surface area (Å²) in [5.41, 5.74) is 3.62. The number of anilines is 2. The van der Waals surface area contributed by atoms with Crippen LogP contribution in [0, 0.1) is 46.3 Å². The lowest BCUT2D eigenvalue weighted by molar-refractivity contribution is -0.141. The van der Waals surface area contributed by atoms with Gasteiger partial charge in [-0.1, -0.05) is 0 Å². The largest absolute Gasteiger partial charge is 0.337 e. The number of benzene rings is 1. The molecule has 0 spiro atoms. The first-order valence-electron chi connectivity index (χ1n) is 16.0. The number of carbonyl (C=O) groups is 2. The van der Waals surface area contributed by atoms with Gasteiger partial charge in [0.1, 0.15) is 5.82 Å². The average Bonchev–Trinajstić information content (AvgIpc) is 3.35. The van der Waals surface area contributed by atoms with Gasteiger partial charge >= 0.3 is 0 Å². The maximum Gasteiger partial charge on any atom is 0.230 e. The minimum Gasteiger partial charge on any atom is -0.337 e. The number of nitrogens with one attached hydrogen (secondary N) is 3. The van der Waals surface area contributed by atoms with Gasteiger partial charge in [0.25, 0.3) is 0 Å². The van der Waals surface area contributed by atoms with Gasteiger partial charge in [0.15, 0.2) is 5.65 Å². The molecule has 3 N–H and O–H groups in total. The lowest BCUT2D eigenvalue weighted by Crippen LogP contribution is -2.51. The number of amides is 2. The summed E-state index contributed by atoms with van der Waals surface area (Å²) in [6.45, 7) is 0. The van der Waals surface area contributed by atoms with Crippen molar-refractivity contribution in [3.63, 3.8) is 0 Å². The van der Waals surface area contributed by atoms with Crippen LogP contribution in [0.3, 0.4) is 0 Å². The number of aromatic nitrogens is 3. The molecule has 0 saturated heterocycles. The predicted octanol–water partition coefficient (Wildman–Crippen LogP) is 6.93. The third-order valence-corrected chi connectivity index (χ3v) is 12.1. The van der Waals surface area contributed by atoms with Crippen LogP contribution in [0.1, 0.15) is 77.0 Å². The van der Waals surface area contributed by atoms with Gasteiger partial charge in [0.2, 0.25) is 11.8 Å². The van der Waals surface area contributed by atoms with Crippen LogP contribution in [0.25, 0.3) is 22.6 Å². The summed E-state index contributed by atoms with van der Waals surface area (Å²) in [6.07, 6.45) is 16.1. The Labute approximate surface area is 240 Å². The van der Waals surface area contributed by atoms with E-state index in [1.165, 1.54) is 38.5 Å². The fourth-order valence-corrected chi connectivity index (χ4v) is 11.1. The molecule has 2 aromatic heterocycles. The van der Waals surface area contributed by atoms with Crippen molar-refractivity contribution in [3.8, 4) is 11.4 Å². The van der Waals surface area contributed by atoms with E-state index >= 15 is 0 Å². The molecule has 7 heteroatoms. The van der Waals surface area contributed by atoms with Crippen molar-refractivity contribution in [2.45, 2.75) is 77.0 Å². The van der Waals surface area contributed by atoms with Crippen LogP contribution in [-0.2, 0) is 9.59 Å². The Kier molecular flexibility index (Phi) is 5.14. The second-order valence-corrected chi connectivity index (χ2v) is 15.1. The Morgan fingerprint density at radius 3 is 1.63 bits per heavy atom. The molecule has 2 amide bonds. The molecule has 1 aromatic carbocycles. The molecule has 11 rings (SSSR count). The second kappa shape index (κ2) is 8.65. The van der Waals surface area contributed by atoms with Crippen molar-refractivity contribution >= 4 is 34.4 Å². The molecular formula is C34H39N5O2. The number of fused-ring (bicyclic) bond motifs is 1. The molecule has 212 valence electrons. The first-order valence-corrected chi connectivity index (χ1v) is 16.0. The number of nitrogens with zero attached hydrogens (tertiary/aromatic N) is 2. The molecule has 3 aromatic rings. The maximum absolute atomic E-state index is 13.5. The monoisotopic (exact) mass is 549 g/mol. The van der Waals surface area contributed by atoms with Crippen LogP contribution in [0.15, 0.2) is 36.5 Å². The zero-order valence-electron chi connectivity index (χ0n) is 23.6. The molecule has 8 aliphatic rings. The molecule has 7 nitrogen and oxygen atoms in total. The third kappa shape index (κ3) is 3.98. The summed E-state index contributed by atoms with van der Waals surface area (Å²) in [7, 11) is 0. The van der Waals surface area contributed by atoms with E-state index < -0.39 is 0 Å². The van der Waals surface area contributed by atoms with Gasteiger partial charge in [0, 0.05) is 11.3 Å². The van der Waals surface area contributed by atoms with E-state index in [9.17, 15) is 9.59 Å². The standard InChI is InChI=1S/C34H39N5O2/c40-31(33-12-19-5-20(13-33)7-21(6-19)14-33)36-26-3-1-25(2-4-26)29-38-28-11-27(18-35-30(28)39-29)37-32(41)34-15-22-8-23(16-34)10-24(9-22)17-34/h1-4,11,18-24H,5-10,12-17H2,(H,36,40)(H,37,41)(H,35,38,39). The first-order chi connectivity index (χ1) is 19.9. The fraction of sp³-hybridized carbons (Fsp3) is 0.588. The highest BCUT2D eigenvalue weighted by Gasteiger charge is 2.55. The van der Waals surface area contributed by atoms with Crippen molar-refractivity contribution in [2.75, 3.05) is 10.6 Å². The molecule has 0 atom stereocenters. The van der Waals surface area contributed by atoms with Gasteiger partial charge in [-0.2, -0.15) is 0 Å². The number of hydrogen-bond donors (Lipinski definition) is 3. The van der Waals surface area contributed by atoms with Crippen LogP contribution < -0.4 is 10.6 Å². The Balaban J connectivity index is 0.896. The minimum atomic E-state index is -0.185. The van der Waals surface area contributed by atoms with E-state index in [1.54, 1.807) is 6.20 Å². The molecule has 8 fully saturated rings. The second-order valence-electron chi connectivity index (χ2n) is 15.1. The highest BCUT2D eigenvalue weighted by atomic mass is 16.2. The fourth-order valence-electron chi connectivity index (χ4n) is 11.1. The summed E-state index contributed by atoms with van der Waals surface area (Å²) in [5, 5.41) is 6.48. The summed E-state index contributed by atoms with van der Waals surface area (Å²) < 4.78 is 0. The quantitative estimate of drug-likeness (QED) is 0.321. The van der Waals surface area contributed by atoms with Crippen molar-refractivity contribution in [1.82, 2.24) is 15.0 Å². The Hall–Kier alpha value is -3.22. The van der Waals surface area contributed by atoms with Crippen LogP contribution >= 0.6 is 0 Å². The lowest BCUT2D eigenvalue weighted by atomic mass is 9.49. The molecule has 8 saturated carbocycles. The summed E-state index contributed by atoms with van der Waals surface area (Å²) in [6, 6.07) is 9.92. The van der Waals surface area contributed by atoms with Crippen molar-refractivity contribution in [2.24, 2.45) is 46.3 Å². The molecule has 0 aliphatic heterocycles. The van der Waals surface area contributed by atoms with Gasteiger partial charge in [-0.15, -0.1) is 0 Å². The number of carbonyl (C=O) groups excluding carboxylic acids is 2. The number of aromatic amines is 1. The van der Waals surface area contributed by atoms with Gasteiger partial charge in [-0.3, -0.25) is 9.59 Å². The van der Waals surface area contributed by atoms with Crippen LogP contribution in [0.2, 0.25) is 0 Å². The average molecular weight is 550 g/mol. The molecule has 8 aliphatic carbocycles. The zero-order chi connectivity index (χ0) is 27.3. The zero-order valence-corrected chi connectivity index (χ0v) is 23.6. The summed E-state index contributed by atoms with van der Waals surface area (Å²) in [4.78, 5) is 39.6. The van der Waals surface area contributed by atoms with Gasteiger partial charge < -0.3 is 15.6 Å². The van der Waals surface area contributed by atoms with Crippen LogP contribution in [0.5, 0.6) is 0 Å². The van der Waals surface area contributed by atoms with E-state index in [4.69, 9.17) is 4.98 Å². The number of pyridine rings is 1. The molecule has 0 unspecified atom stereocenters. The Morgan fingerprint density at radius 1 is 0.683 bits per heavy atom. The molecule has 2 heterocycles. The van der Waals surface area contributed by atoms with E-state index in [2.05, 4.69) is 20.6 Å². The van der Waals surface area contributed by atoms with E-state index in [-0.39, 0.29) is 22.6 Å². The van der Waals surface area contributed by atoms with Gasteiger partial charge in [-0.05, 0) is 143 Å². The number of rotatable bonds is 5. The lowest BCUT2D eigenvalue weighted by Gasteiger charge is -2.55. The predicted molar refractivity (Wildman–Crippen MR) is 158 cm³/mol. The Morgan fingerprint density at radius 2 is 1.15 bits per heavy atom. The highest BCUT2D eigenvalue weighted by Crippen LogP contribution is 2.61. The minimum absolute atomic E-state index is 0.152. The topological polar surface area (TPSA) is 99.8 Å². The third-order valence-electron chi connectivity index (χ3n) is 12.1. The van der Waals surface area contributed by atoms with Crippen molar-refractivity contribution in [1.29, 1.82) is 0 Å². The van der Waals surface area contributed by atoms with Crippen molar-refractivity contribution in [3.05, 3.63) is 36.5 Å². The summed E-state index contributed by atoms with van der Waals surface area (Å²) >= 11 is 0. The van der Waals surface area contributed by atoms with Crippen LogP contribution in [0.4, 0.5) is 11.4 Å². The number of H-pyrrole nitrogens is 1. The number of imidazole rings is 1. The molecular weight excluding hydrogens is 510 g/mol. The summed E-state index contributed by atoms with van der Waals surface area (Å²) in [5.74, 6) is 5.60. The normalized spacial score (nSPS) is 38.0. The van der Waals surface area contributed by atoms with Crippen LogP contribution in [-0.4, -0.2) is 26.8 Å². The molecule has 0 radical (unpaired) electrons. The Bertz CT molecular complexity index is 1480. The first kappa shape index (κ1) is 24.4. The van der Waals surface area contributed by atoms with Gasteiger partial charge in [-0.25, -0.2) is 9.97 Å². The SMILES string of the molecule is O=C(Nc1ccc(-c2nc3ncc(NC(=O)C45CC6CC(CC(C6)C4)C5)cc3[nH]2)cc1)C12CC3CC(CC(C3)C1)C2. The molecule has 41 heavy (non-hydrogen) atoms. The van der Waals surface area contributed by atoms with Crippen molar-refractivity contribution < 1.29 is 9.59 Å². The van der Waals surface area contributed by atoms with E-state index in [0.717, 1.165) is 102 Å². The maximum atomic E-state index is 13.5. The highest BCUT2D eigenvalue weighted by molar-refractivity contribution is 5.97. The van der Waals surface area contributed by atoms with E-state index in [1.807, 2.05) is 30.3 Å². The van der Waals surface area contributed by atoms with E-state index in [0.29, 0.717) is 5.65 Å². The number of hydrogen-bond acceptors (Lipinski definition) is 4.